The number of nitrogens with one attached hydrogen (secondary N) is 2. The van der Waals surface area contributed by atoms with E-state index in [1.807, 2.05) is 6.92 Å². The lowest BCUT2D eigenvalue weighted by Crippen LogP contribution is -2.64. The van der Waals surface area contributed by atoms with Gasteiger partial charge in [0.15, 0.2) is 0 Å². The van der Waals surface area contributed by atoms with Gasteiger partial charge in [-0.3, -0.25) is 29.3 Å². The molecular weight excluding hydrogens is 957 g/mol. The average molecular weight is 1030 g/mol. The summed E-state index contributed by atoms with van der Waals surface area (Å²) in [5.74, 6) is -0.0536. The van der Waals surface area contributed by atoms with Crippen LogP contribution in [0, 0.1) is 11.3 Å². The molecule has 1 aromatic carbocycles. The van der Waals surface area contributed by atoms with Crippen LogP contribution in [0.15, 0.2) is 35.8 Å². The van der Waals surface area contributed by atoms with E-state index < -0.39 is 35.6 Å². The number of likely N-dealkylation sites (tertiary alicyclic amines) is 1. The summed E-state index contributed by atoms with van der Waals surface area (Å²) < 4.78 is 33.2. The Bertz CT molecular complexity index is 2710. The highest BCUT2D eigenvalue weighted by Gasteiger charge is 2.52. The predicted molar refractivity (Wildman–Crippen MR) is 281 cm³/mol. The molecule has 16 nitrogen and oxygen atoms in total. The van der Waals surface area contributed by atoms with Gasteiger partial charge in [-0.2, -0.15) is 0 Å². The van der Waals surface area contributed by atoms with E-state index in [9.17, 15) is 9.59 Å². The molecule has 0 radical (unpaired) electrons. The molecule has 2 saturated carbocycles. The molecule has 13 rings (SSSR count). The van der Waals surface area contributed by atoms with E-state index in [-0.39, 0.29) is 42.8 Å². The number of fused-ring (bicyclic) bond motifs is 7. The molecule has 4 aromatic rings. The highest BCUT2D eigenvalue weighted by Crippen LogP contribution is 2.48. The molecule has 8 bridgehead atoms. The van der Waals surface area contributed by atoms with Crippen LogP contribution in [0.5, 0.6) is 0 Å². The molecule has 6 atom stereocenters. The normalized spacial score (nSPS) is 29.6. The van der Waals surface area contributed by atoms with Crippen molar-refractivity contribution in [3.63, 3.8) is 0 Å². The number of cyclic esters (lactones) is 1. The Morgan fingerprint density at radius 1 is 1.01 bits per heavy atom. The number of thiazole rings is 1. The minimum Gasteiger partial charge on any atom is -0.464 e. The predicted octanol–water partition coefficient (Wildman–Crippen LogP) is 7.49. The number of benzene rings is 1. The number of methoxy groups -OCH3 is 1. The van der Waals surface area contributed by atoms with Crippen molar-refractivity contribution in [1.82, 2.24) is 40.1 Å². The number of nitrogens with zero attached hydrogens (tertiary/aromatic N) is 6. The number of aromatic nitrogens is 3. The van der Waals surface area contributed by atoms with Gasteiger partial charge >= 0.3 is 5.97 Å². The third-order valence-corrected chi connectivity index (χ3v) is 18.6. The van der Waals surface area contributed by atoms with Crippen molar-refractivity contribution in [2.75, 3.05) is 59.7 Å². The molecule has 17 heteroatoms. The van der Waals surface area contributed by atoms with Crippen molar-refractivity contribution in [2.45, 2.75) is 172 Å². The van der Waals surface area contributed by atoms with Gasteiger partial charge < -0.3 is 38.5 Å². The summed E-state index contributed by atoms with van der Waals surface area (Å²) in [6.45, 7) is 14.5. The summed E-state index contributed by atoms with van der Waals surface area (Å²) in [7, 11) is 1.76. The summed E-state index contributed by atoms with van der Waals surface area (Å²) in [5.41, 5.74) is 11.1. The van der Waals surface area contributed by atoms with E-state index in [0.29, 0.717) is 70.4 Å². The molecule has 10 heterocycles. The second kappa shape index (κ2) is 20.9. The highest BCUT2D eigenvalue weighted by molar-refractivity contribution is 7.10. The first-order valence-corrected chi connectivity index (χ1v) is 28.8. The van der Waals surface area contributed by atoms with Gasteiger partial charge in [0.1, 0.15) is 23.2 Å². The summed E-state index contributed by atoms with van der Waals surface area (Å²) >= 11 is 1.54. The molecule has 6 saturated heterocycles. The molecule has 0 spiro atoms. The number of esters is 1. The van der Waals surface area contributed by atoms with Gasteiger partial charge in [0.25, 0.3) is 5.91 Å². The average Bonchev–Trinajstić information content (AvgIpc) is 3.65. The molecule has 2 amide bonds. The Labute approximate surface area is 439 Å². The van der Waals surface area contributed by atoms with Gasteiger partial charge in [-0.1, -0.05) is 19.9 Å². The van der Waals surface area contributed by atoms with Crippen LogP contribution in [-0.2, 0) is 51.0 Å². The van der Waals surface area contributed by atoms with Gasteiger partial charge in [-0.15, -0.1) is 11.3 Å². The number of rotatable bonds is 12. The summed E-state index contributed by atoms with van der Waals surface area (Å²) in [6.07, 6.45) is 12.3. The molecule has 7 aliphatic heterocycles. The number of hydrogen-bond donors (Lipinski definition) is 2. The van der Waals surface area contributed by atoms with Crippen molar-refractivity contribution in [3.05, 3.63) is 57.7 Å². The number of hydrogen-bond acceptors (Lipinski definition) is 14. The van der Waals surface area contributed by atoms with Crippen LogP contribution < -0.4 is 10.7 Å². The van der Waals surface area contributed by atoms with Crippen LogP contribution in [0.2, 0.25) is 0 Å². The van der Waals surface area contributed by atoms with Crippen molar-refractivity contribution in [2.24, 2.45) is 11.3 Å². The van der Waals surface area contributed by atoms with E-state index >= 15 is 4.79 Å². The zero-order valence-corrected chi connectivity index (χ0v) is 44.8. The number of hydrazine groups is 1. The summed E-state index contributed by atoms with van der Waals surface area (Å²) in [4.78, 5) is 59.4. The molecule has 398 valence electrons. The van der Waals surface area contributed by atoms with Gasteiger partial charge in [0.2, 0.25) is 5.91 Å². The first-order chi connectivity index (χ1) is 35.9. The Balaban J connectivity index is 1.00. The van der Waals surface area contributed by atoms with E-state index in [2.05, 4.69) is 81.7 Å². The number of amides is 2. The van der Waals surface area contributed by atoms with Crippen LogP contribution in [0.1, 0.15) is 138 Å². The van der Waals surface area contributed by atoms with E-state index in [1.54, 1.807) is 23.5 Å². The Hall–Kier alpha value is -4.33. The lowest BCUT2D eigenvalue weighted by atomic mass is 9.83. The van der Waals surface area contributed by atoms with Crippen LogP contribution >= 0.6 is 11.3 Å². The highest BCUT2D eigenvalue weighted by atomic mass is 32.1. The maximum Gasteiger partial charge on any atom is 0.324 e. The maximum absolute atomic E-state index is 15.2. The molecule has 9 aliphatic rings. The van der Waals surface area contributed by atoms with Gasteiger partial charge in [0.05, 0.1) is 54.6 Å². The van der Waals surface area contributed by atoms with Crippen molar-refractivity contribution < 1.29 is 38.1 Å². The quantitative estimate of drug-likeness (QED) is 0.135. The molecule has 2 aliphatic carbocycles. The largest absolute Gasteiger partial charge is 0.464 e. The number of carbonyl (C=O) groups excluding carboxylic acids is 3. The number of ether oxygens (including phenoxy) is 5. The SMILES string of the molecule is CO[C@@H](C)c1ncc(C2CCN(C3CC3)CC2)cc1-c1c2c3cc(ccc3n1CCOC1CCOCC1)-c1csc(n1)[C@@H](N1CC3CC1C3)[C@H](NC(=O)[C@H]1C[C@@H](C)O1)C(=O)N1CCC[C@H](N1)C(=O)OCC(C)(C)C2. The standard InChI is InChI=1S/C57H76N8O8S/c1-33-23-48(73-33)53(66)60-50-52(64-30-35-24-40(64)25-35)54-59-46(31-74-54)37-8-11-47-42(26-37)44(28-57(3,4)32-72-56(68)45-7-6-16-65(61-45)55(50)67)51(63(47)19-22-71-41-14-20-70-21-15-41)43-27-38(29-58-49(43)34(2)69-5)36-12-17-62(18-13-36)39-9-10-39/h8,11,26-27,29,31,33-36,39-41,45,48,50,52,61H,6-7,9-10,12-25,28,30,32H2,1-5H3,(H,60,66)/t33-,34+,35?,40?,45+,48-,50+,52+/m1/s1. The zero-order chi connectivity index (χ0) is 50.8. The summed E-state index contributed by atoms with van der Waals surface area (Å²) in [5, 5.41) is 8.75. The fourth-order valence-electron chi connectivity index (χ4n) is 13.2. The van der Waals surface area contributed by atoms with Crippen molar-refractivity contribution in [1.29, 1.82) is 0 Å². The number of piperidine rings is 1. The van der Waals surface area contributed by atoms with E-state index in [4.69, 9.17) is 33.7 Å². The van der Waals surface area contributed by atoms with E-state index in [0.717, 1.165) is 114 Å². The lowest BCUT2D eigenvalue weighted by Gasteiger charge is -2.41. The van der Waals surface area contributed by atoms with Crippen LogP contribution in [0.4, 0.5) is 0 Å². The van der Waals surface area contributed by atoms with Gasteiger partial charge in [-0.25, -0.2) is 10.4 Å². The Kier molecular flexibility index (Phi) is 14.3. The second-order valence-corrected chi connectivity index (χ2v) is 24.5. The third-order valence-electron chi connectivity index (χ3n) is 17.7. The molecule has 8 fully saturated rings. The fourth-order valence-corrected chi connectivity index (χ4v) is 14.2. The summed E-state index contributed by atoms with van der Waals surface area (Å²) in [6, 6.07) is 7.91. The molecule has 3 aromatic heterocycles. The second-order valence-electron chi connectivity index (χ2n) is 23.6. The topological polar surface area (TPSA) is 162 Å². The Morgan fingerprint density at radius 2 is 1.81 bits per heavy atom. The van der Waals surface area contributed by atoms with Crippen LogP contribution in [0.3, 0.4) is 0 Å². The first kappa shape index (κ1) is 50.5. The minimum absolute atomic E-state index is 0.0238. The minimum atomic E-state index is -0.978. The molecule has 2 N–H and O–H groups in total. The Morgan fingerprint density at radius 3 is 2.54 bits per heavy atom. The zero-order valence-electron chi connectivity index (χ0n) is 44.0. The fraction of sp³-hybridized carbons (Fsp3) is 0.667. The molecule has 74 heavy (non-hydrogen) atoms. The van der Waals surface area contributed by atoms with Crippen molar-refractivity contribution >= 4 is 40.0 Å². The van der Waals surface area contributed by atoms with Crippen LogP contribution in [0.25, 0.3) is 33.4 Å². The number of pyridine rings is 1. The number of carbonyl (C=O) groups is 3. The first-order valence-electron chi connectivity index (χ1n) is 27.9. The van der Waals surface area contributed by atoms with Gasteiger partial charge in [-0.05, 0) is 139 Å². The molecule has 0 unspecified atom stereocenters. The van der Waals surface area contributed by atoms with E-state index in [1.165, 1.54) is 18.4 Å². The van der Waals surface area contributed by atoms with Crippen LogP contribution in [-0.4, -0.2) is 149 Å². The monoisotopic (exact) mass is 1030 g/mol. The molecular formula is C57H76N8O8S. The smallest absolute Gasteiger partial charge is 0.324 e. The van der Waals surface area contributed by atoms with Gasteiger partial charge in [0, 0.05) is 97.5 Å². The lowest BCUT2D eigenvalue weighted by molar-refractivity contribution is -0.163. The maximum atomic E-state index is 15.2. The third kappa shape index (κ3) is 10.1. The van der Waals surface area contributed by atoms with Crippen molar-refractivity contribution in [3.8, 4) is 22.5 Å².